The molecule has 0 aromatic heterocycles. The number of sulfonamides is 1. The van der Waals surface area contributed by atoms with Crippen LogP contribution in [-0.2, 0) is 14.8 Å². The van der Waals surface area contributed by atoms with E-state index in [0.29, 0.717) is 32.1 Å². The highest BCUT2D eigenvalue weighted by Gasteiger charge is 2.29. The summed E-state index contributed by atoms with van der Waals surface area (Å²) >= 11 is 0. The summed E-state index contributed by atoms with van der Waals surface area (Å²) in [6, 6.07) is 5.04. The minimum atomic E-state index is -4.00. The molecule has 1 aromatic carbocycles. The van der Waals surface area contributed by atoms with Crippen LogP contribution in [0.15, 0.2) is 33.6 Å². The third kappa shape index (κ3) is 4.16. The minimum Gasteiger partial charge on any atom is -0.378 e. The Morgan fingerprint density at radius 2 is 1.92 bits per heavy atom. The van der Waals surface area contributed by atoms with Crippen LogP contribution in [0.3, 0.4) is 0 Å². The van der Waals surface area contributed by atoms with Crippen molar-refractivity contribution >= 4 is 21.5 Å². The van der Waals surface area contributed by atoms with Gasteiger partial charge in [0.1, 0.15) is 5.84 Å². The average Bonchev–Trinajstić information content (AvgIpc) is 3.15. The summed E-state index contributed by atoms with van der Waals surface area (Å²) in [4.78, 5) is 12.1. The topological polar surface area (TPSA) is 102 Å². The van der Waals surface area contributed by atoms with Crippen molar-refractivity contribution in [2.24, 2.45) is 10.3 Å². The lowest BCUT2D eigenvalue weighted by atomic mass is 10.1. The van der Waals surface area contributed by atoms with Gasteiger partial charge in [-0.25, -0.2) is 0 Å². The molecule has 2 aliphatic rings. The van der Waals surface area contributed by atoms with E-state index in [9.17, 15) is 18.5 Å². The van der Waals surface area contributed by atoms with Crippen LogP contribution < -0.4 is 0 Å². The Morgan fingerprint density at radius 3 is 2.56 bits per heavy atom. The van der Waals surface area contributed by atoms with Crippen LogP contribution in [0, 0.1) is 16.0 Å². The van der Waals surface area contributed by atoms with Crippen LogP contribution in [0.5, 0.6) is 0 Å². The second-order valence-corrected chi connectivity index (χ2v) is 7.86. The standard InChI is InChI=1S/C16H21N3O5S/c20-19(21)14-6-3-7-15(12-14)25(22,23)17-16(13-4-1-2-5-13)18-8-10-24-11-9-18/h3,6-7,12-13H,1-2,4-5,8-11H2/b17-16-. The first-order chi connectivity index (χ1) is 12.0. The van der Waals surface area contributed by atoms with Crippen molar-refractivity contribution in [1.29, 1.82) is 0 Å². The van der Waals surface area contributed by atoms with E-state index in [1.807, 2.05) is 4.90 Å². The smallest absolute Gasteiger partial charge is 0.284 e. The molecule has 136 valence electrons. The number of non-ortho nitro benzene ring substituents is 1. The van der Waals surface area contributed by atoms with Crippen LogP contribution >= 0.6 is 0 Å². The zero-order chi connectivity index (χ0) is 17.9. The van der Waals surface area contributed by atoms with Crippen molar-refractivity contribution in [3.63, 3.8) is 0 Å². The summed E-state index contributed by atoms with van der Waals surface area (Å²) in [7, 11) is -4.00. The van der Waals surface area contributed by atoms with E-state index in [0.717, 1.165) is 31.7 Å². The Bertz CT molecular complexity index is 766. The lowest BCUT2D eigenvalue weighted by Crippen LogP contribution is -2.43. The van der Waals surface area contributed by atoms with E-state index < -0.39 is 14.9 Å². The van der Waals surface area contributed by atoms with Gasteiger partial charge in [-0.1, -0.05) is 18.9 Å². The monoisotopic (exact) mass is 367 g/mol. The van der Waals surface area contributed by atoms with E-state index >= 15 is 0 Å². The highest BCUT2D eigenvalue weighted by atomic mass is 32.2. The van der Waals surface area contributed by atoms with Gasteiger partial charge in [-0.3, -0.25) is 10.1 Å². The fourth-order valence-electron chi connectivity index (χ4n) is 3.30. The molecule has 0 unspecified atom stereocenters. The maximum Gasteiger partial charge on any atom is 0.284 e. The molecule has 1 saturated carbocycles. The fraction of sp³-hybridized carbons (Fsp3) is 0.562. The van der Waals surface area contributed by atoms with E-state index in [1.165, 1.54) is 18.2 Å². The van der Waals surface area contributed by atoms with Crippen molar-refractivity contribution in [3.8, 4) is 0 Å². The van der Waals surface area contributed by atoms with Crippen molar-refractivity contribution in [3.05, 3.63) is 34.4 Å². The van der Waals surface area contributed by atoms with Crippen molar-refractivity contribution in [2.45, 2.75) is 30.6 Å². The molecule has 0 amide bonds. The molecule has 1 saturated heterocycles. The van der Waals surface area contributed by atoms with E-state index in [4.69, 9.17) is 4.74 Å². The Labute approximate surface area is 146 Å². The molecule has 25 heavy (non-hydrogen) atoms. The number of hydrogen-bond donors (Lipinski definition) is 0. The normalized spacial score (nSPS) is 20.0. The predicted octanol–water partition coefficient (Wildman–Crippen LogP) is 2.20. The van der Waals surface area contributed by atoms with E-state index in [2.05, 4.69) is 4.40 Å². The van der Waals surface area contributed by atoms with Gasteiger partial charge >= 0.3 is 0 Å². The molecule has 8 nitrogen and oxygen atoms in total. The maximum absolute atomic E-state index is 12.7. The Balaban J connectivity index is 1.96. The lowest BCUT2D eigenvalue weighted by Gasteiger charge is -2.32. The van der Waals surface area contributed by atoms with Gasteiger partial charge in [0.15, 0.2) is 0 Å². The second-order valence-electron chi connectivity index (χ2n) is 6.26. The third-order valence-corrected chi connectivity index (χ3v) is 5.87. The van der Waals surface area contributed by atoms with Gasteiger partial charge in [0.25, 0.3) is 15.7 Å². The Kier molecular flexibility index (Phi) is 5.33. The molecule has 0 radical (unpaired) electrons. The zero-order valence-electron chi connectivity index (χ0n) is 13.8. The largest absolute Gasteiger partial charge is 0.378 e. The van der Waals surface area contributed by atoms with Crippen LogP contribution in [0.2, 0.25) is 0 Å². The van der Waals surface area contributed by atoms with Crippen LogP contribution in [0.4, 0.5) is 5.69 Å². The molecule has 1 aliphatic carbocycles. The number of nitro benzene ring substituents is 1. The van der Waals surface area contributed by atoms with Crippen molar-refractivity contribution in [1.82, 2.24) is 4.90 Å². The summed E-state index contributed by atoms with van der Waals surface area (Å²) < 4.78 is 35.0. The summed E-state index contributed by atoms with van der Waals surface area (Å²) in [5, 5.41) is 10.9. The number of nitrogens with zero attached hydrogens (tertiary/aromatic N) is 3. The molecule has 1 aliphatic heterocycles. The Morgan fingerprint density at radius 1 is 1.24 bits per heavy atom. The lowest BCUT2D eigenvalue weighted by molar-refractivity contribution is -0.385. The molecule has 0 atom stereocenters. The van der Waals surface area contributed by atoms with Crippen molar-refractivity contribution in [2.75, 3.05) is 26.3 Å². The molecule has 0 spiro atoms. The maximum atomic E-state index is 12.7. The number of amidine groups is 1. The summed E-state index contributed by atoms with van der Waals surface area (Å²) in [5.41, 5.74) is -0.259. The van der Waals surface area contributed by atoms with Gasteiger partial charge in [0, 0.05) is 31.1 Å². The molecule has 1 heterocycles. The van der Waals surface area contributed by atoms with Crippen LogP contribution in [-0.4, -0.2) is 50.4 Å². The summed E-state index contributed by atoms with van der Waals surface area (Å²) in [6.07, 6.45) is 3.96. The molecule has 0 N–H and O–H groups in total. The van der Waals surface area contributed by atoms with Gasteiger partial charge in [-0.15, -0.1) is 4.40 Å². The number of nitro groups is 1. The number of hydrogen-bond acceptors (Lipinski definition) is 5. The van der Waals surface area contributed by atoms with Gasteiger partial charge < -0.3 is 9.64 Å². The van der Waals surface area contributed by atoms with Crippen molar-refractivity contribution < 1.29 is 18.1 Å². The molecular weight excluding hydrogens is 346 g/mol. The predicted molar refractivity (Wildman–Crippen MR) is 92.1 cm³/mol. The van der Waals surface area contributed by atoms with Gasteiger partial charge in [0.2, 0.25) is 0 Å². The molecule has 3 rings (SSSR count). The zero-order valence-corrected chi connectivity index (χ0v) is 14.7. The highest BCUT2D eigenvalue weighted by molar-refractivity contribution is 7.90. The quantitative estimate of drug-likeness (QED) is 0.350. The summed E-state index contributed by atoms with van der Waals surface area (Å²) in [5.74, 6) is 0.693. The molecule has 9 heteroatoms. The van der Waals surface area contributed by atoms with E-state index in [1.54, 1.807) is 0 Å². The molecule has 0 bridgehead atoms. The van der Waals surface area contributed by atoms with Crippen LogP contribution in [0.1, 0.15) is 25.7 Å². The van der Waals surface area contributed by atoms with Gasteiger partial charge in [0.05, 0.1) is 23.0 Å². The number of rotatable bonds is 4. The molecule has 2 fully saturated rings. The minimum absolute atomic E-state index is 0.117. The fourth-order valence-corrected chi connectivity index (χ4v) is 4.44. The SMILES string of the molecule is O=[N+]([O-])c1cccc(S(=O)(=O)/N=C(/C2CCCC2)N2CCOCC2)c1. The third-order valence-electron chi connectivity index (χ3n) is 4.60. The number of benzene rings is 1. The van der Waals surface area contributed by atoms with Crippen LogP contribution in [0.25, 0.3) is 0 Å². The summed E-state index contributed by atoms with van der Waals surface area (Å²) in [6.45, 7) is 2.31. The average molecular weight is 367 g/mol. The molecular formula is C16H21N3O5S. The molecule has 1 aromatic rings. The van der Waals surface area contributed by atoms with Gasteiger partial charge in [-0.05, 0) is 18.9 Å². The number of ether oxygens (including phenoxy) is 1. The first-order valence-electron chi connectivity index (χ1n) is 8.39. The highest BCUT2D eigenvalue weighted by Crippen LogP contribution is 2.29. The van der Waals surface area contributed by atoms with E-state index in [-0.39, 0.29) is 16.5 Å². The first-order valence-corrected chi connectivity index (χ1v) is 9.83. The number of morpholine rings is 1. The van der Waals surface area contributed by atoms with Gasteiger partial charge in [-0.2, -0.15) is 8.42 Å². The second kappa shape index (κ2) is 7.49. The first kappa shape index (κ1) is 17.8. The Hall–Kier alpha value is -2.00.